The third-order valence-corrected chi connectivity index (χ3v) is 3.39. The van der Waals surface area contributed by atoms with Crippen LogP contribution < -0.4 is 10.5 Å². The molecule has 0 atom stereocenters. The van der Waals surface area contributed by atoms with Crippen LogP contribution in [0.5, 0.6) is 5.75 Å². The van der Waals surface area contributed by atoms with Gasteiger partial charge in [-0.3, -0.25) is 4.79 Å². The molecule has 0 aliphatic heterocycles. The minimum absolute atomic E-state index is 0.144. The molecule has 0 spiro atoms. The molecule has 1 aromatic heterocycles. The Morgan fingerprint density at radius 2 is 2.00 bits per heavy atom. The standard InChI is InChI=1S/C16H13FN2O2/c1-21-15-8-10(6-7-13(15)17)19-9-12(16(18)20)11-4-2-3-5-14(11)19/h2-9H,1H3,(H2,18,20). The minimum atomic E-state index is -0.501. The molecule has 3 aromatic rings. The van der Waals surface area contributed by atoms with E-state index in [1.807, 2.05) is 24.3 Å². The monoisotopic (exact) mass is 284 g/mol. The van der Waals surface area contributed by atoms with Crippen LogP contribution in [0.1, 0.15) is 10.4 Å². The summed E-state index contributed by atoms with van der Waals surface area (Å²) in [6, 6.07) is 11.9. The minimum Gasteiger partial charge on any atom is -0.494 e. The first kappa shape index (κ1) is 13.2. The van der Waals surface area contributed by atoms with E-state index in [9.17, 15) is 9.18 Å². The first-order valence-electron chi connectivity index (χ1n) is 6.35. The molecule has 2 N–H and O–H groups in total. The van der Waals surface area contributed by atoms with Crippen LogP contribution in [-0.2, 0) is 0 Å². The molecule has 4 nitrogen and oxygen atoms in total. The van der Waals surface area contributed by atoms with Gasteiger partial charge in [-0.25, -0.2) is 4.39 Å². The van der Waals surface area contributed by atoms with Crippen molar-refractivity contribution in [3.05, 3.63) is 60.0 Å². The van der Waals surface area contributed by atoms with Crippen molar-refractivity contribution >= 4 is 16.8 Å². The van der Waals surface area contributed by atoms with E-state index in [0.717, 1.165) is 10.9 Å². The van der Waals surface area contributed by atoms with Crippen LogP contribution in [0.25, 0.3) is 16.6 Å². The number of carbonyl (C=O) groups excluding carboxylic acids is 1. The molecule has 106 valence electrons. The Balaban J connectivity index is 2.28. The second kappa shape index (κ2) is 4.94. The zero-order valence-electron chi connectivity index (χ0n) is 11.3. The van der Waals surface area contributed by atoms with Gasteiger partial charge in [-0.05, 0) is 18.2 Å². The van der Waals surface area contributed by atoms with E-state index >= 15 is 0 Å². The third-order valence-electron chi connectivity index (χ3n) is 3.39. The smallest absolute Gasteiger partial charge is 0.250 e. The number of halogens is 1. The van der Waals surface area contributed by atoms with E-state index in [2.05, 4.69) is 0 Å². The van der Waals surface area contributed by atoms with Crippen molar-refractivity contribution in [2.45, 2.75) is 0 Å². The number of primary amides is 1. The molecular weight excluding hydrogens is 271 g/mol. The van der Waals surface area contributed by atoms with Gasteiger partial charge in [0, 0.05) is 23.3 Å². The molecule has 0 radical (unpaired) electrons. The normalized spacial score (nSPS) is 10.8. The SMILES string of the molecule is COc1cc(-n2cc(C(N)=O)c3ccccc32)ccc1F. The van der Waals surface area contributed by atoms with Gasteiger partial charge in [0.15, 0.2) is 11.6 Å². The van der Waals surface area contributed by atoms with Crippen LogP contribution in [0.4, 0.5) is 4.39 Å². The number of hydrogen-bond acceptors (Lipinski definition) is 2. The molecule has 3 rings (SSSR count). The summed E-state index contributed by atoms with van der Waals surface area (Å²) in [6.07, 6.45) is 1.65. The van der Waals surface area contributed by atoms with E-state index in [1.165, 1.54) is 13.2 Å². The highest BCUT2D eigenvalue weighted by molar-refractivity contribution is 6.06. The topological polar surface area (TPSA) is 57.2 Å². The molecule has 2 aromatic carbocycles. The molecule has 5 heteroatoms. The third kappa shape index (κ3) is 2.12. The van der Waals surface area contributed by atoms with Crippen LogP contribution in [0, 0.1) is 5.82 Å². The van der Waals surface area contributed by atoms with Crippen molar-refractivity contribution in [3.63, 3.8) is 0 Å². The fourth-order valence-electron chi connectivity index (χ4n) is 2.39. The lowest BCUT2D eigenvalue weighted by molar-refractivity contribution is 0.100. The van der Waals surface area contributed by atoms with E-state index in [1.54, 1.807) is 22.9 Å². The zero-order chi connectivity index (χ0) is 15.0. The van der Waals surface area contributed by atoms with E-state index in [4.69, 9.17) is 10.5 Å². The van der Waals surface area contributed by atoms with Crippen molar-refractivity contribution in [1.29, 1.82) is 0 Å². The van der Waals surface area contributed by atoms with Crippen LogP contribution in [0.15, 0.2) is 48.7 Å². The highest BCUT2D eigenvalue weighted by Gasteiger charge is 2.14. The van der Waals surface area contributed by atoms with Crippen molar-refractivity contribution in [3.8, 4) is 11.4 Å². The molecule has 1 heterocycles. The molecule has 0 bridgehead atoms. The van der Waals surface area contributed by atoms with Crippen LogP contribution >= 0.6 is 0 Å². The predicted octanol–water partition coefficient (Wildman–Crippen LogP) is 2.88. The number of fused-ring (bicyclic) bond motifs is 1. The second-order valence-electron chi connectivity index (χ2n) is 4.61. The lowest BCUT2D eigenvalue weighted by Crippen LogP contribution is -2.10. The summed E-state index contributed by atoms with van der Waals surface area (Å²) in [5, 5.41) is 0.758. The molecule has 0 saturated carbocycles. The fourth-order valence-corrected chi connectivity index (χ4v) is 2.39. The summed E-state index contributed by atoms with van der Waals surface area (Å²) >= 11 is 0. The maximum atomic E-state index is 13.5. The van der Waals surface area contributed by atoms with Gasteiger partial charge in [0.05, 0.1) is 18.2 Å². The van der Waals surface area contributed by atoms with Gasteiger partial charge in [0.25, 0.3) is 5.91 Å². The lowest BCUT2D eigenvalue weighted by Gasteiger charge is -2.08. The molecule has 21 heavy (non-hydrogen) atoms. The number of aromatic nitrogens is 1. The van der Waals surface area contributed by atoms with Gasteiger partial charge in [-0.2, -0.15) is 0 Å². The number of methoxy groups -OCH3 is 1. The molecule has 0 aliphatic carbocycles. The van der Waals surface area contributed by atoms with Crippen LogP contribution in [0.3, 0.4) is 0 Å². The summed E-state index contributed by atoms with van der Waals surface area (Å²) in [5.74, 6) is -0.794. The summed E-state index contributed by atoms with van der Waals surface area (Å²) < 4.78 is 20.3. The lowest BCUT2D eigenvalue weighted by atomic mass is 10.2. The van der Waals surface area contributed by atoms with E-state index < -0.39 is 11.7 Å². The Morgan fingerprint density at radius 3 is 2.71 bits per heavy atom. The van der Waals surface area contributed by atoms with E-state index in [0.29, 0.717) is 11.3 Å². The average molecular weight is 284 g/mol. The number of ether oxygens (including phenoxy) is 1. The summed E-state index contributed by atoms with van der Waals surface area (Å²) in [6.45, 7) is 0. The summed E-state index contributed by atoms with van der Waals surface area (Å²) in [5.41, 5.74) is 7.35. The number of benzene rings is 2. The number of nitrogens with two attached hydrogens (primary N) is 1. The van der Waals surface area contributed by atoms with Gasteiger partial charge in [-0.1, -0.05) is 18.2 Å². The molecular formula is C16H13FN2O2. The number of nitrogens with zero attached hydrogens (tertiary/aromatic N) is 1. The van der Waals surface area contributed by atoms with Crippen molar-refractivity contribution in [2.75, 3.05) is 7.11 Å². The molecule has 1 amide bonds. The first-order valence-corrected chi connectivity index (χ1v) is 6.35. The van der Waals surface area contributed by atoms with Crippen molar-refractivity contribution < 1.29 is 13.9 Å². The summed E-state index contributed by atoms with van der Waals surface area (Å²) in [4.78, 5) is 11.6. The summed E-state index contributed by atoms with van der Waals surface area (Å²) in [7, 11) is 1.41. The Kier molecular flexibility index (Phi) is 3.10. The maximum Gasteiger partial charge on any atom is 0.250 e. The Bertz CT molecular complexity index is 839. The zero-order valence-corrected chi connectivity index (χ0v) is 11.3. The number of para-hydroxylation sites is 1. The molecule has 0 unspecified atom stereocenters. The number of carbonyl (C=O) groups is 1. The van der Waals surface area contributed by atoms with Gasteiger partial charge in [-0.15, -0.1) is 0 Å². The molecule has 0 aliphatic rings. The number of amides is 1. The van der Waals surface area contributed by atoms with Crippen LogP contribution in [-0.4, -0.2) is 17.6 Å². The first-order chi connectivity index (χ1) is 10.1. The maximum absolute atomic E-state index is 13.5. The number of rotatable bonds is 3. The fraction of sp³-hybridized carbons (Fsp3) is 0.0625. The number of hydrogen-bond donors (Lipinski definition) is 1. The van der Waals surface area contributed by atoms with Crippen molar-refractivity contribution in [2.24, 2.45) is 5.73 Å². The highest BCUT2D eigenvalue weighted by Crippen LogP contribution is 2.27. The quantitative estimate of drug-likeness (QED) is 0.804. The Hall–Kier alpha value is -2.82. The molecule has 0 saturated heterocycles. The van der Waals surface area contributed by atoms with Gasteiger partial charge in [0.1, 0.15) is 0 Å². The molecule has 0 fully saturated rings. The largest absolute Gasteiger partial charge is 0.494 e. The van der Waals surface area contributed by atoms with E-state index in [-0.39, 0.29) is 5.75 Å². The Morgan fingerprint density at radius 1 is 1.24 bits per heavy atom. The highest BCUT2D eigenvalue weighted by atomic mass is 19.1. The second-order valence-corrected chi connectivity index (χ2v) is 4.61. The Labute approximate surface area is 120 Å². The average Bonchev–Trinajstić information content (AvgIpc) is 2.88. The van der Waals surface area contributed by atoms with Gasteiger partial charge < -0.3 is 15.0 Å². The predicted molar refractivity (Wildman–Crippen MR) is 78.3 cm³/mol. The van der Waals surface area contributed by atoms with Crippen LogP contribution in [0.2, 0.25) is 0 Å². The van der Waals surface area contributed by atoms with Gasteiger partial charge in [0.2, 0.25) is 0 Å². The van der Waals surface area contributed by atoms with Gasteiger partial charge >= 0.3 is 0 Å². The van der Waals surface area contributed by atoms with Crippen molar-refractivity contribution in [1.82, 2.24) is 4.57 Å².